The van der Waals surface area contributed by atoms with Crippen LogP contribution in [-0.2, 0) is 10.0 Å². The average Bonchev–Trinajstić information content (AvgIpc) is 2.65. The molecule has 0 aliphatic carbocycles. The van der Waals surface area contributed by atoms with Crippen molar-refractivity contribution in [3.63, 3.8) is 0 Å². The van der Waals surface area contributed by atoms with Crippen LogP contribution in [0.4, 0.5) is 0 Å². The first-order valence-corrected chi connectivity index (χ1v) is 10.0. The predicted octanol–water partition coefficient (Wildman–Crippen LogP) is 0.811. The molecule has 1 amide bonds. The number of aliphatic hydroxyl groups is 2. The molecular weight excluding hydrogens is 386 g/mol. The second-order valence-electron chi connectivity index (χ2n) is 5.98. The van der Waals surface area contributed by atoms with Gasteiger partial charge in [-0.3, -0.25) is 4.79 Å². The second-order valence-corrected chi connectivity index (χ2v) is 7.77. The Bertz CT molecular complexity index is 943. The minimum absolute atomic E-state index is 0.0669. The minimum Gasteiger partial charge on any atom is -0.390 e. The molecule has 0 aliphatic rings. The number of carbonyl (C=O) groups excluding carboxylic acids is 1. The van der Waals surface area contributed by atoms with E-state index in [1.54, 1.807) is 18.2 Å². The topological polar surface area (TPSA) is 143 Å². The Labute approximate surface area is 162 Å². The highest BCUT2D eigenvalue weighted by Gasteiger charge is 2.24. The van der Waals surface area contributed by atoms with E-state index in [1.807, 2.05) is 0 Å². The maximum absolute atomic E-state index is 12.1. The van der Waals surface area contributed by atoms with Crippen LogP contribution >= 0.6 is 0 Å². The van der Waals surface area contributed by atoms with Crippen molar-refractivity contribution in [2.45, 2.75) is 19.1 Å². The molecule has 0 aromatic heterocycles. The number of hydroxylamine groups is 1. The lowest BCUT2D eigenvalue weighted by Gasteiger charge is -2.21. The zero-order valence-corrected chi connectivity index (χ0v) is 16.1. The quantitative estimate of drug-likeness (QED) is 0.365. The molecule has 28 heavy (non-hydrogen) atoms. The molecule has 0 spiro atoms. The highest BCUT2D eigenvalue weighted by Crippen LogP contribution is 2.21. The molecule has 2 rings (SSSR count). The highest BCUT2D eigenvalue weighted by atomic mass is 32.2. The summed E-state index contributed by atoms with van der Waals surface area (Å²) >= 11 is 0. The SMILES string of the molecule is CC(O)C(O)c1ccc(ON(C(N)=NC(=O)c2ccccc2)S(C)(=O)=O)cc1. The number of carbonyl (C=O) groups is 1. The molecule has 9 nitrogen and oxygen atoms in total. The summed E-state index contributed by atoms with van der Waals surface area (Å²) in [6.07, 6.45) is -1.24. The largest absolute Gasteiger partial charge is 0.390 e. The van der Waals surface area contributed by atoms with Crippen LogP contribution in [0.15, 0.2) is 59.6 Å². The van der Waals surface area contributed by atoms with E-state index in [0.29, 0.717) is 10.0 Å². The molecule has 2 aromatic carbocycles. The van der Waals surface area contributed by atoms with E-state index in [2.05, 4.69) is 4.99 Å². The van der Waals surface area contributed by atoms with E-state index >= 15 is 0 Å². The van der Waals surface area contributed by atoms with E-state index in [0.717, 1.165) is 6.26 Å². The zero-order chi connectivity index (χ0) is 20.9. The van der Waals surface area contributed by atoms with Gasteiger partial charge in [0.05, 0.1) is 12.4 Å². The Kier molecular flexibility index (Phi) is 6.73. The third-order valence-electron chi connectivity index (χ3n) is 3.59. The normalized spacial score (nSPS) is 14.2. The molecule has 2 atom stereocenters. The number of aliphatic imine (C=N–C) groups is 1. The van der Waals surface area contributed by atoms with Gasteiger partial charge in [0.1, 0.15) is 6.10 Å². The van der Waals surface area contributed by atoms with Crippen molar-refractivity contribution < 1.29 is 28.3 Å². The van der Waals surface area contributed by atoms with E-state index in [-0.39, 0.29) is 11.3 Å². The summed E-state index contributed by atoms with van der Waals surface area (Å²) < 4.78 is 24.4. The number of aliphatic hydroxyl groups excluding tert-OH is 2. The van der Waals surface area contributed by atoms with Crippen LogP contribution in [0, 0.1) is 0 Å². The van der Waals surface area contributed by atoms with Crippen LogP contribution < -0.4 is 10.6 Å². The number of nitrogens with two attached hydrogens (primary N) is 1. The van der Waals surface area contributed by atoms with E-state index < -0.39 is 34.1 Å². The highest BCUT2D eigenvalue weighted by molar-refractivity contribution is 7.88. The Morgan fingerprint density at radius 2 is 1.68 bits per heavy atom. The number of hydrogen-bond acceptors (Lipinski definition) is 6. The lowest BCUT2D eigenvalue weighted by molar-refractivity contribution is 0.0304. The number of hydrogen-bond donors (Lipinski definition) is 3. The van der Waals surface area contributed by atoms with Crippen LogP contribution in [-0.4, -0.2) is 47.3 Å². The Balaban J connectivity index is 2.25. The summed E-state index contributed by atoms with van der Waals surface area (Å²) in [7, 11) is -4.02. The third-order valence-corrected chi connectivity index (χ3v) is 4.46. The maximum Gasteiger partial charge on any atom is 0.280 e. The van der Waals surface area contributed by atoms with Crippen molar-refractivity contribution in [1.82, 2.24) is 4.47 Å². The lowest BCUT2D eigenvalue weighted by Crippen LogP contribution is -2.44. The molecule has 0 bridgehead atoms. The molecule has 10 heteroatoms. The van der Waals surface area contributed by atoms with Crippen LogP contribution in [0.3, 0.4) is 0 Å². The molecule has 0 saturated carbocycles. The van der Waals surface area contributed by atoms with Gasteiger partial charge in [0, 0.05) is 5.56 Å². The smallest absolute Gasteiger partial charge is 0.280 e. The van der Waals surface area contributed by atoms with Gasteiger partial charge < -0.3 is 20.8 Å². The molecule has 150 valence electrons. The third kappa shape index (κ3) is 5.52. The second kappa shape index (κ2) is 8.83. The fraction of sp³-hybridized carbons (Fsp3) is 0.222. The first-order valence-electron chi connectivity index (χ1n) is 8.17. The van der Waals surface area contributed by atoms with Gasteiger partial charge in [-0.25, -0.2) is 8.42 Å². The van der Waals surface area contributed by atoms with Crippen molar-refractivity contribution >= 4 is 21.9 Å². The van der Waals surface area contributed by atoms with Gasteiger partial charge in [0.2, 0.25) is 0 Å². The van der Waals surface area contributed by atoms with Crippen LogP contribution in [0.5, 0.6) is 5.75 Å². The standard InChI is InChI=1S/C18H21N3O6S/c1-12(22)16(23)13-8-10-15(11-9-13)27-21(28(2,25)26)18(19)20-17(24)14-6-4-3-5-7-14/h3-12,16,22-23H,1-2H3,(H2,19,20,24). The van der Waals surface area contributed by atoms with Gasteiger partial charge in [-0.15, -0.1) is 0 Å². The summed E-state index contributed by atoms with van der Waals surface area (Å²) in [5.41, 5.74) is 6.33. The average molecular weight is 407 g/mol. The summed E-state index contributed by atoms with van der Waals surface area (Å²) in [6.45, 7) is 1.43. The number of sulfonamides is 1. The fourth-order valence-electron chi connectivity index (χ4n) is 2.17. The van der Waals surface area contributed by atoms with E-state index in [4.69, 9.17) is 10.6 Å². The van der Waals surface area contributed by atoms with Gasteiger partial charge in [0.15, 0.2) is 5.75 Å². The number of nitrogens with zero attached hydrogens (tertiary/aromatic N) is 2. The molecular formula is C18H21N3O6S. The molecule has 0 fully saturated rings. The predicted molar refractivity (Wildman–Crippen MR) is 103 cm³/mol. The summed E-state index contributed by atoms with van der Waals surface area (Å²) in [5.74, 6) is -1.33. The van der Waals surface area contributed by atoms with Crippen molar-refractivity contribution in [3.05, 3.63) is 65.7 Å². The minimum atomic E-state index is -4.02. The van der Waals surface area contributed by atoms with Crippen molar-refractivity contribution in [2.24, 2.45) is 10.7 Å². The van der Waals surface area contributed by atoms with Gasteiger partial charge in [-0.05, 0) is 36.8 Å². The van der Waals surface area contributed by atoms with E-state index in [9.17, 15) is 23.4 Å². The van der Waals surface area contributed by atoms with Crippen LogP contribution in [0.25, 0.3) is 0 Å². The lowest BCUT2D eigenvalue weighted by atomic mass is 10.1. The number of guanidine groups is 1. The molecule has 0 saturated heterocycles. The van der Waals surface area contributed by atoms with Gasteiger partial charge >= 0.3 is 0 Å². The van der Waals surface area contributed by atoms with Gasteiger partial charge in [-0.2, -0.15) is 4.99 Å². The summed E-state index contributed by atoms with van der Waals surface area (Å²) in [5, 5.41) is 19.2. The van der Waals surface area contributed by atoms with Gasteiger partial charge in [-0.1, -0.05) is 34.8 Å². The molecule has 0 radical (unpaired) electrons. The zero-order valence-electron chi connectivity index (χ0n) is 15.3. The first kappa shape index (κ1) is 21.4. The molecule has 0 heterocycles. The van der Waals surface area contributed by atoms with Crippen molar-refractivity contribution in [1.29, 1.82) is 0 Å². The fourth-order valence-corrected chi connectivity index (χ4v) is 2.78. The maximum atomic E-state index is 12.1. The number of benzene rings is 2. The molecule has 4 N–H and O–H groups in total. The summed E-state index contributed by atoms with van der Waals surface area (Å²) in [6, 6.07) is 13.7. The molecule has 2 aromatic rings. The summed E-state index contributed by atoms with van der Waals surface area (Å²) in [4.78, 5) is 21.0. The molecule has 2 unspecified atom stereocenters. The monoisotopic (exact) mass is 407 g/mol. The Morgan fingerprint density at radius 3 is 2.18 bits per heavy atom. The van der Waals surface area contributed by atoms with Crippen LogP contribution in [0.1, 0.15) is 28.9 Å². The molecule has 0 aliphatic heterocycles. The Morgan fingerprint density at radius 1 is 1.11 bits per heavy atom. The Hall–Kier alpha value is -2.95. The van der Waals surface area contributed by atoms with E-state index in [1.165, 1.54) is 43.3 Å². The van der Waals surface area contributed by atoms with Crippen molar-refractivity contribution in [2.75, 3.05) is 6.26 Å². The van der Waals surface area contributed by atoms with Crippen LogP contribution in [0.2, 0.25) is 0 Å². The van der Waals surface area contributed by atoms with Crippen molar-refractivity contribution in [3.8, 4) is 5.75 Å². The van der Waals surface area contributed by atoms with Gasteiger partial charge in [0.25, 0.3) is 21.9 Å². The first-order chi connectivity index (χ1) is 13.1. The number of amides is 1. The number of rotatable bonds is 6.